The maximum atomic E-state index is 10.9. The summed E-state index contributed by atoms with van der Waals surface area (Å²) in [7, 11) is 1.99. The van der Waals surface area contributed by atoms with Crippen molar-refractivity contribution in [1.29, 1.82) is 0 Å². The SMILES string of the molecule is CCN(C)CCC(NC(C)C)C(=O)O. The average Bonchev–Trinajstić information content (AvgIpc) is 2.10. The molecule has 0 bridgehead atoms. The van der Waals surface area contributed by atoms with Gasteiger partial charge < -0.3 is 15.3 Å². The molecule has 4 nitrogen and oxygen atoms in total. The molecule has 1 unspecified atom stereocenters. The predicted molar refractivity (Wildman–Crippen MR) is 57.5 cm³/mol. The van der Waals surface area contributed by atoms with E-state index in [1.165, 1.54) is 0 Å². The molecule has 0 amide bonds. The number of carboxylic acid groups (broad SMARTS) is 1. The monoisotopic (exact) mass is 202 g/mol. The summed E-state index contributed by atoms with van der Waals surface area (Å²) in [5, 5.41) is 12.0. The lowest BCUT2D eigenvalue weighted by atomic mass is 10.2. The second-order valence-corrected chi connectivity index (χ2v) is 3.90. The van der Waals surface area contributed by atoms with Crippen LogP contribution in [0.15, 0.2) is 0 Å². The van der Waals surface area contributed by atoms with Crippen molar-refractivity contribution in [2.75, 3.05) is 20.1 Å². The van der Waals surface area contributed by atoms with Gasteiger partial charge in [-0.3, -0.25) is 4.79 Å². The minimum absolute atomic E-state index is 0.211. The number of carbonyl (C=O) groups is 1. The van der Waals surface area contributed by atoms with Gasteiger partial charge in [0, 0.05) is 6.04 Å². The summed E-state index contributed by atoms with van der Waals surface area (Å²) in [5.74, 6) is -0.761. The van der Waals surface area contributed by atoms with Crippen LogP contribution in [0.3, 0.4) is 0 Å². The van der Waals surface area contributed by atoms with E-state index in [2.05, 4.69) is 17.1 Å². The normalized spacial score (nSPS) is 13.6. The van der Waals surface area contributed by atoms with Gasteiger partial charge in [0.2, 0.25) is 0 Å². The third kappa shape index (κ3) is 5.94. The Morgan fingerprint density at radius 3 is 2.43 bits per heavy atom. The number of aliphatic carboxylic acids is 1. The van der Waals surface area contributed by atoms with Gasteiger partial charge in [0.15, 0.2) is 0 Å². The fourth-order valence-corrected chi connectivity index (χ4v) is 1.19. The smallest absolute Gasteiger partial charge is 0.320 e. The molecule has 0 aliphatic rings. The third-order valence-electron chi connectivity index (χ3n) is 2.17. The minimum atomic E-state index is -0.761. The highest BCUT2D eigenvalue weighted by molar-refractivity contribution is 5.73. The van der Waals surface area contributed by atoms with E-state index in [0.29, 0.717) is 6.42 Å². The van der Waals surface area contributed by atoms with Crippen LogP contribution >= 0.6 is 0 Å². The Balaban J connectivity index is 3.91. The lowest BCUT2D eigenvalue weighted by Crippen LogP contribution is -2.42. The summed E-state index contributed by atoms with van der Waals surface area (Å²) in [4.78, 5) is 13.0. The van der Waals surface area contributed by atoms with Crippen molar-refractivity contribution in [3.63, 3.8) is 0 Å². The van der Waals surface area contributed by atoms with E-state index in [0.717, 1.165) is 13.1 Å². The molecule has 0 fully saturated rings. The summed E-state index contributed by atoms with van der Waals surface area (Å²) in [5.41, 5.74) is 0. The first kappa shape index (κ1) is 13.4. The molecule has 4 heteroatoms. The van der Waals surface area contributed by atoms with Gasteiger partial charge in [-0.1, -0.05) is 20.8 Å². The molecule has 0 spiro atoms. The maximum absolute atomic E-state index is 10.9. The van der Waals surface area contributed by atoms with Crippen molar-refractivity contribution in [3.8, 4) is 0 Å². The van der Waals surface area contributed by atoms with Crippen LogP contribution in [0.5, 0.6) is 0 Å². The number of carboxylic acids is 1. The second kappa shape index (κ2) is 6.79. The molecule has 0 aliphatic carbocycles. The van der Waals surface area contributed by atoms with E-state index < -0.39 is 12.0 Å². The van der Waals surface area contributed by atoms with Gasteiger partial charge in [-0.2, -0.15) is 0 Å². The van der Waals surface area contributed by atoms with Crippen LogP contribution < -0.4 is 5.32 Å². The summed E-state index contributed by atoms with van der Waals surface area (Å²) >= 11 is 0. The Morgan fingerprint density at radius 1 is 1.50 bits per heavy atom. The Labute approximate surface area is 86.3 Å². The van der Waals surface area contributed by atoms with Crippen molar-refractivity contribution in [1.82, 2.24) is 10.2 Å². The molecule has 0 saturated carbocycles. The average molecular weight is 202 g/mol. The third-order valence-corrected chi connectivity index (χ3v) is 2.17. The molecule has 0 aromatic carbocycles. The Bertz CT molecular complexity index is 172. The zero-order valence-electron chi connectivity index (χ0n) is 9.58. The molecular formula is C10H22N2O2. The molecule has 0 heterocycles. The number of nitrogens with one attached hydrogen (secondary N) is 1. The fourth-order valence-electron chi connectivity index (χ4n) is 1.19. The zero-order chi connectivity index (χ0) is 11.1. The van der Waals surface area contributed by atoms with E-state index >= 15 is 0 Å². The van der Waals surface area contributed by atoms with Gasteiger partial charge in [0.1, 0.15) is 6.04 Å². The highest BCUT2D eigenvalue weighted by atomic mass is 16.4. The molecule has 0 aromatic heterocycles. The second-order valence-electron chi connectivity index (χ2n) is 3.90. The molecule has 0 rings (SSSR count). The number of hydrogen-bond donors (Lipinski definition) is 2. The van der Waals surface area contributed by atoms with Crippen LogP contribution in [0.25, 0.3) is 0 Å². The van der Waals surface area contributed by atoms with Gasteiger partial charge in [-0.25, -0.2) is 0 Å². The van der Waals surface area contributed by atoms with Gasteiger partial charge in [-0.05, 0) is 26.6 Å². The van der Waals surface area contributed by atoms with E-state index in [1.54, 1.807) is 0 Å². The Kier molecular flexibility index (Phi) is 6.49. The summed E-state index contributed by atoms with van der Waals surface area (Å²) in [6, 6.07) is -0.216. The van der Waals surface area contributed by atoms with Crippen LogP contribution in [-0.2, 0) is 4.79 Å². The van der Waals surface area contributed by atoms with Crippen molar-refractivity contribution in [2.24, 2.45) is 0 Å². The highest BCUT2D eigenvalue weighted by Crippen LogP contribution is 1.97. The van der Waals surface area contributed by atoms with Crippen LogP contribution in [0.4, 0.5) is 0 Å². The van der Waals surface area contributed by atoms with E-state index in [9.17, 15) is 4.79 Å². The molecule has 84 valence electrons. The standard InChI is InChI=1S/C10H22N2O2/c1-5-12(4)7-6-9(10(13)14)11-8(2)3/h8-9,11H,5-7H2,1-4H3,(H,13,14). The first-order valence-corrected chi connectivity index (χ1v) is 5.14. The largest absolute Gasteiger partial charge is 0.480 e. The fraction of sp³-hybridized carbons (Fsp3) is 0.900. The lowest BCUT2D eigenvalue weighted by Gasteiger charge is -2.20. The molecule has 2 N–H and O–H groups in total. The van der Waals surface area contributed by atoms with Gasteiger partial charge >= 0.3 is 5.97 Å². The lowest BCUT2D eigenvalue weighted by molar-refractivity contribution is -0.139. The van der Waals surface area contributed by atoms with E-state index in [1.807, 2.05) is 20.9 Å². The predicted octanol–water partition coefficient (Wildman–Crippen LogP) is 0.779. The summed E-state index contributed by atoms with van der Waals surface area (Å²) in [6.45, 7) is 7.74. The summed E-state index contributed by atoms with van der Waals surface area (Å²) < 4.78 is 0. The van der Waals surface area contributed by atoms with Gasteiger partial charge in [-0.15, -0.1) is 0 Å². The zero-order valence-corrected chi connectivity index (χ0v) is 9.58. The number of hydrogen-bond acceptors (Lipinski definition) is 3. The first-order valence-electron chi connectivity index (χ1n) is 5.14. The van der Waals surface area contributed by atoms with Gasteiger partial charge in [0.05, 0.1) is 0 Å². The topological polar surface area (TPSA) is 52.6 Å². The van der Waals surface area contributed by atoms with Crippen LogP contribution in [0, 0.1) is 0 Å². The molecule has 0 radical (unpaired) electrons. The maximum Gasteiger partial charge on any atom is 0.320 e. The molecule has 0 aromatic rings. The van der Waals surface area contributed by atoms with Crippen LogP contribution in [0.2, 0.25) is 0 Å². The molecule has 0 aliphatic heterocycles. The first-order chi connectivity index (χ1) is 6.47. The van der Waals surface area contributed by atoms with Crippen molar-refractivity contribution >= 4 is 5.97 Å². The van der Waals surface area contributed by atoms with Crippen LogP contribution in [0.1, 0.15) is 27.2 Å². The van der Waals surface area contributed by atoms with E-state index in [4.69, 9.17) is 5.11 Å². The van der Waals surface area contributed by atoms with Crippen molar-refractivity contribution < 1.29 is 9.90 Å². The van der Waals surface area contributed by atoms with Crippen molar-refractivity contribution in [2.45, 2.75) is 39.3 Å². The van der Waals surface area contributed by atoms with Crippen molar-refractivity contribution in [3.05, 3.63) is 0 Å². The molecular weight excluding hydrogens is 180 g/mol. The minimum Gasteiger partial charge on any atom is -0.480 e. The molecule has 0 saturated heterocycles. The van der Waals surface area contributed by atoms with Gasteiger partial charge in [0.25, 0.3) is 0 Å². The molecule has 14 heavy (non-hydrogen) atoms. The highest BCUT2D eigenvalue weighted by Gasteiger charge is 2.17. The number of nitrogens with zero attached hydrogens (tertiary/aromatic N) is 1. The Hall–Kier alpha value is -0.610. The summed E-state index contributed by atoms with van der Waals surface area (Å²) in [6.07, 6.45) is 0.651. The quantitative estimate of drug-likeness (QED) is 0.640. The van der Waals surface area contributed by atoms with Crippen LogP contribution in [-0.4, -0.2) is 48.2 Å². The Morgan fingerprint density at radius 2 is 2.07 bits per heavy atom. The number of rotatable bonds is 7. The van der Waals surface area contributed by atoms with E-state index in [-0.39, 0.29) is 6.04 Å². The molecule has 1 atom stereocenters.